The van der Waals surface area contributed by atoms with Crippen LogP contribution in [0, 0.1) is 6.92 Å². The van der Waals surface area contributed by atoms with Gasteiger partial charge in [-0.1, -0.05) is 36.0 Å². The maximum Gasteiger partial charge on any atom is 0.275 e. The molecule has 1 aliphatic rings. The van der Waals surface area contributed by atoms with E-state index < -0.39 is 0 Å². The summed E-state index contributed by atoms with van der Waals surface area (Å²) in [6.07, 6.45) is 3.70. The van der Waals surface area contributed by atoms with Gasteiger partial charge in [0.1, 0.15) is 5.70 Å². The van der Waals surface area contributed by atoms with Crippen molar-refractivity contribution < 1.29 is 4.79 Å². The Morgan fingerprint density at radius 3 is 2.75 bits per heavy atom. The third-order valence-electron chi connectivity index (χ3n) is 2.35. The summed E-state index contributed by atoms with van der Waals surface area (Å²) >= 11 is 1.43. The summed E-state index contributed by atoms with van der Waals surface area (Å²) in [5.74, 6) is -0.132. The average Bonchev–Trinajstić information content (AvgIpc) is 2.63. The molecule has 0 atom stereocenters. The molecule has 1 aromatic carbocycles. The Morgan fingerprint density at radius 1 is 1.38 bits per heavy atom. The van der Waals surface area contributed by atoms with E-state index in [1.165, 1.54) is 11.8 Å². The number of carbonyl (C=O) groups is 1. The molecule has 0 aliphatic carbocycles. The summed E-state index contributed by atoms with van der Waals surface area (Å²) in [6.45, 7) is 2.01. The number of carbonyl (C=O) groups excluding carboxylic acids is 1. The molecule has 1 amide bonds. The Labute approximate surface area is 98.7 Å². The molecule has 16 heavy (non-hydrogen) atoms. The smallest absolute Gasteiger partial charge is 0.275 e. The number of hydrogen-bond acceptors (Lipinski definition) is 3. The van der Waals surface area contributed by atoms with Gasteiger partial charge in [-0.25, -0.2) is 4.99 Å². The minimum Gasteiger partial charge on any atom is -0.300 e. The number of amides is 1. The highest BCUT2D eigenvalue weighted by atomic mass is 32.2. The molecule has 1 heterocycles. The van der Waals surface area contributed by atoms with Gasteiger partial charge in [0.2, 0.25) is 0 Å². The summed E-state index contributed by atoms with van der Waals surface area (Å²) in [5.41, 5.74) is 2.63. The number of nitrogens with zero attached hydrogens (tertiary/aromatic N) is 1. The number of rotatable bonds is 1. The standard InChI is InChI=1S/C12H12N2OS/c1-8-5-3-4-6-9(8)7-10-11(15)14-12(13-10)16-2/h3-7H,1-2H3,(H,13,14,15)/b10-7-. The van der Waals surface area contributed by atoms with E-state index in [9.17, 15) is 4.79 Å². The monoisotopic (exact) mass is 232 g/mol. The number of hydrogen-bond donors (Lipinski definition) is 1. The van der Waals surface area contributed by atoms with Gasteiger partial charge in [0.05, 0.1) is 0 Å². The zero-order chi connectivity index (χ0) is 11.5. The van der Waals surface area contributed by atoms with Gasteiger partial charge in [-0.05, 0) is 30.4 Å². The van der Waals surface area contributed by atoms with Crippen LogP contribution in [-0.2, 0) is 4.79 Å². The van der Waals surface area contributed by atoms with Crippen LogP contribution in [0.25, 0.3) is 6.08 Å². The summed E-state index contributed by atoms with van der Waals surface area (Å²) in [4.78, 5) is 15.8. The predicted octanol–water partition coefficient (Wildman–Crippen LogP) is 2.18. The lowest BCUT2D eigenvalue weighted by molar-refractivity contribution is -0.115. The first-order chi connectivity index (χ1) is 7.70. The van der Waals surface area contributed by atoms with Gasteiger partial charge in [-0.15, -0.1) is 0 Å². The molecular formula is C12H12N2OS. The second kappa shape index (κ2) is 4.53. The van der Waals surface area contributed by atoms with Crippen molar-refractivity contribution in [3.63, 3.8) is 0 Å². The second-order valence-electron chi connectivity index (χ2n) is 3.46. The maximum atomic E-state index is 11.6. The molecule has 3 nitrogen and oxygen atoms in total. The van der Waals surface area contributed by atoms with E-state index >= 15 is 0 Å². The van der Waals surface area contributed by atoms with Gasteiger partial charge in [-0.2, -0.15) is 0 Å². The SMILES string of the molecule is CSC1=N/C(=C\c2ccccc2C)C(=O)N1. The van der Waals surface area contributed by atoms with Crippen molar-refractivity contribution in [2.45, 2.75) is 6.92 Å². The number of amidine groups is 1. The van der Waals surface area contributed by atoms with Crippen LogP contribution in [0.2, 0.25) is 0 Å². The Kier molecular flexibility index (Phi) is 3.10. The van der Waals surface area contributed by atoms with E-state index in [-0.39, 0.29) is 5.91 Å². The highest BCUT2D eigenvalue weighted by Crippen LogP contribution is 2.17. The van der Waals surface area contributed by atoms with E-state index in [1.54, 1.807) is 0 Å². The minimum absolute atomic E-state index is 0.132. The van der Waals surface area contributed by atoms with Crippen molar-refractivity contribution in [2.75, 3.05) is 6.26 Å². The number of nitrogens with one attached hydrogen (secondary N) is 1. The zero-order valence-electron chi connectivity index (χ0n) is 9.15. The number of thioether (sulfide) groups is 1. The first kappa shape index (κ1) is 11.0. The van der Waals surface area contributed by atoms with Crippen LogP contribution < -0.4 is 5.32 Å². The van der Waals surface area contributed by atoms with Gasteiger partial charge in [0, 0.05) is 0 Å². The minimum atomic E-state index is -0.132. The number of aliphatic imine (C=N–C) groups is 1. The molecule has 0 unspecified atom stereocenters. The molecule has 4 heteroatoms. The lowest BCUT2D eigenvalue weighted by Crippen LogP contribution is -2.21. The fourth-order valence-electron chi connectivity index (χ4n) is 1.44. The quantitative estimate of drug-likeness (QED) is 0.754. The summed E-state index contributed by atoms with van der Waals surface area (Å²) < 4.78 is 0. The molecule has 0 saturated carbocycles. The molecule has 1 aromatic rings. The molecule has 0 fully saturated rings. The third-order valence-corrected chi connectivity index (χ3v) is 2.93. The van der Waals surface area contributed by atoms with Crippen molar-refractivity contribution in [1.29, 1.82) is 0 Å². The van der Waals surface area contributed by atoms with Crippen LogP contribution in [0.15, 0.2) is 35.0 Å². The van der Waals surface area contributed by atoms with Gasteiger partial charge < -0.3 is 0 Å². The van der Waals surface area contributed by atoms with Gasteiger partial charge in [0.15, 0.2) is 5.17 Å². The topological polar surface area (TPSA) is 41.5 Å². The van der Waals surface area contributed by atoms with Crippen molar-refractivity contribution in [3.05, 3.63) is 41.1 Å². The Bertz CT molecular complexity index is 492. The van der Waals surface area contributed by atoms with Gasteiger partial charge >= 0.3 is 0 Å². The van der Waals surface area contributed by atoms with Gasteiger partial charge in [0.25, 0.3) is 5.91 Å². The lowest BCUT2D eigenvalue weighted by atomic mass is 10.1. The molecule has 0 aromatic heterocycles. The van der Waals surface area contributed by atoms with Crippen LogP contribution in [0.4, 0.5) is 0 Å². The summed E-state index contributed by atoms with van der Waals surface area (Å²) in [6, 6.07) is 7.91. The van der Waals surface area contributed by atoms with E-state index in [0.717, 1.165) is 11.1 Å². The van der Waals surface area contributed by atoms with Crippen molar-refractivity contribution >= 4 is 28.9 Å². The van der Waals surface area contributed by atoms with E-state index in [0.29, 0.717) is 10.9 Å². The number of benzene rings is 1. The normalized spacial score (nSPS) is 17.5. The zero-order valence-corrected chi connectivity index (χ0v) is 9.97. The first-order valence-corrected chi connectivity index (χ1v) is 6.14. The number of aryl methyl sites for hydroxylation is 1. The Hall–Kier alpha value is -1.55. The summed E-state index contributed by atoms with van der Waals surface area (Å²) in [7, 11) is 0. The third kappa shape index (κ3) is 2.17. The maximum absolute atomic E-state index is 11.6. The Balaban J connectivity index is 2.35. The molecule has 0 bridgehead atoms. The molecule has 0 saturated heterocycles. The second-order valence-corrected chi connectivity index (χ2v) is 4.26. The van der Waals surface area contributed by atoms with E-state index in [1.807, 2.05) is 43.5 Å². The fourth-order valence-corrected chi connectivity index (χ4v) is 1.82. The van der Waals surface area contributed by atoms with Crippen molar-refractivity contribution in [2.24, 2.45) is 4.99 Å². The van der Waals surface area contributed by atoms with Crippen LogP contribution >= 0.6 is 11.8 Å². The largest absolute Gasteiger partial charge is 0.300 e. The molecular weight excluding hydrogens is 220 g/mol. The molecule has 1 aliphatic heterocycles. The highest BCUT2D eigenvalue weighted by molar-refractivity contribution is 8.13. The fraction of sp³-hybridized carbons (Fsp3) is 0.167. The van der Waals surface area contributed by atoms with Crippen molar-refractivity contribution in [3.8, 4) is 0 Å². The summed E-state index contributed by atoms with van der Waals surface area (Å²) in [5, 5.41) is 3.36. The van der Waals surface area contributed by atoms with Crippen LogP contribution in [-0.4, -0.2) is 17.3 Å². The lowest BCUT2D eigenvalue weighted by Gasteiger charge is -1.98. The predicted molar refractivity (Wildman–Crippen MR) is 68.2 cm³/mol. The van der Waals surface area contributed by atoms with E-state index in [4.69, 9.17) is 0 Å². The highest BCUT2D eigenvalue weighted by Gasteiger charge is 2.18. The van der Waals surface area contributed by atoms with Crippen LogP contribution in [0.1, 0.15) is 11.1 Å². The van der Waals surface area contributed by atoms with Crippen LogP contribution in [0.3, 0.4) is 0 Å². The molecule has 0 spiro atoms. The Morgan fingerprint density at radius 2 is 2.12 bits per heavy atom. The molecule has 2 rings (SSSR count). The van der Waals surface area contributed by atoms with Crippen molar-refractivity contribution in [1.82, 2.24) is 5.32 Å². The van der Waals surface area contributed by atoms with Crippen LogP contribution in [0.5, 0.6) is 0 Å². The van der Waals surface area contributed by atoms with E-state index in [2.05, 4.69) is 10.3 Å². The van der Waals surface area contributed by atoms with Gasteiger partial charge in [-0.3, -0.25) is 10.1 Å². The molecule has 1 N–H and O–H groups in total. The molecule has 0 radical (unpaired) electrons. The average molecular weight is 232 g/mol. The first-order valence-electron chi connectivity index (χ1n) is 4.92. The molecule has 82 valence electrons.